The molecule has 0 saturated carbocycles. The number of rotatable bonds is 8. The topological polar surface area (TPSA) is 75.1 Å². The third kappa shape index (κ3) is 5.24. The highest BCUT2D eigenvalue weighted by Gasteiger charge is 2.41. The molecule has 1 fully saturated rings. The monoisotopic (exact) mass is 532 g/mol. The van der Waals surface area contributed by atoms with Gasteiger partial charge in [-0.1, -0.05) is 48.5 Å². The van der Waals surface area contributed by atoms with Crippen molar-refractivity contribution in [2.24, 2.45) is 0 Å². The molecule has 2 aromatic carbocycles. The highest BCUT2D eigenvalue weighted by Crippen LogP contribution is 2.39. The molecule has 1 saturated heterocycles. The summed E-state index contributed by atoms with van der Waals surface area (Å²) in [6.45, 7) is 1.15. The van der Waals surface area contributed by atoms with Crippen molar-refractivity contribution in [1.82, 2.24) is 24.8 Å². The van der Waals surface area contributed by atoms with E-state index < -0.39 is 0 Å². The molecular formula is C31H28N6OS. The van der Waals surface area contributed by atoms with Crippen LogP contribution in [0.3, 0.4) is 0 Å². The largest absolute Gasteiger partial charge is 0.352 e. The number of aromatic nitrogens is 3. The van der Waals surface area contributed by atoms with Crippen LogP contribution < -0.4 is 10.6 Å². The third-order valence-corrected chi connectivity index (χ3v) is 7.44. The molecule has 0 spiro atoms. The molecule has 0 radical (unpaired) electrons. The van der Waals surface area contributed by atoms with E-state index in [2.05, 4.69) is 48.4 Å². The van der Waals surface area contributed by atoms with Gasteiger partial charge in [-0.25, -0.2) is 0 Å². The van der Waals surface area contributed by atoms with E-state index in [0.717, 1.165) is 33.4 Å². The lowest BCUT2D eigenvalue weighted by molar-refractivity contribution is -0.116. The van der Waals surface area contributed by atoms with Crippen molar-refractivity contribution in [3.63, 3.8) is 0 Å². The van der Waals surface area contributed by atoms with E-state index in [1.165, 1.54) is 0 Å². The smallest absolute Gasteiger partial charge is 0.226 e. The molecule has 0 bridgehead atoms. The van der Waals surface area contributed by atoms with Crippen LogP contribution in [0.5, 0.6) is 0 Å². The molecule has 39 heavy (non-hydrogen) atoms. The molecule has 1 aliphatic heterocycles. The number of amides is 1. The molecule has 6 rings (SSSR count). The number of benzene rings is 2. The normalized spacial score (nSPS) is 16.8. The first-order valence-corrected chi connectivity index (χ1v) is 13.4. The summed E-state index contributed by atoms with van der Waals surface area (Å²) in [6.07, 6.45) is 7.82. The van der Waals surface area contributed by atoms with Gasteiger partial charge < -0.3 is 20.1 Å². The number of anilines is 1. The fourth-order valence-corrected chi connectivity index (χ4v) is 5.60. The summed E-state index contributed by atoms with van der Waals surface area (Å²) in [4.78, 5) is 24.2. The number of carbonyl (C=O) groups excluding carboxylic acids is 1. The average Bonchev–Trinajstić information content (AvgIpc) is 3.56. The van der Waals surface area contributed by atoms with Crippen LogP contribution in [0, 0.1) is 0 Å². The summed E-state index contributed by atoms with van der Waals surface area (Å²) >= 11 is 5.82. The first kappa shape index (κ1) is 24.8. The van der Waals surface area contributed by atoms with Gasteiger partial charge in [0.2, 0.25) is 5.91 Å². The quantitative estimate of drug-likeness (QED) is 0.258. The number of carbonyl (C=O) groups is 1. The van der Waals surface area contributed by atoms with E-state index in [1.807, 2.05) is 79.0 Å². The lowest BCUT2D eigenvalue weighted by Crippen LogP contribution is -2.33. The second-order valence-electron chi connectivity index (χ2n) is 9.57. The molecule has 5 aromatic rings. The zero-order chi connectivity index (χ0) is 26.6. The van der Waals surface area contributed by atoms with Gasteiger partial charge in [-0.2, -0.15) is 0 Å². The number of nitrogens with one attached hydrogen (secondary N) is 2. The molecule has 0 unspecified atom stereocenters. The Morgan fingerprint density at radius 1 is 0.949 bits per heavy atom. The fraction of sp³-hybridized carbons (Fsp3) is 0.161. The number of hydrogen-bond donors (Lipinski definition) is 2. The summed E-state index contributed by atoms with van der Waals surface area (Å²) in [5.74, 6) is -0.0556. The number of fused-ring (bicyclic) bond motifs is 1. The maximum atomic E-state index is 13.1. The van der Waals surface area contributed by atoms with Crippen LogP contribution in [0.1, 0.15) is 35.5 Å². The van der Waals surface area contributed by atoms with Crippen LogP contribution in [-0.2, 0) is 11.3 Å². The molecule has 0 aliphatic carbocycles. The predicted molar refractivity (Wildman–Crippen MR) is 157 cm³/mol. The third-order valence-electron chi connectivity index (χ3n) is 7.08. The molecule has 7 nitrogen and oxygen atoms in total. The molecule has 2 N–H and O–H groups in total. The predicted octanol–water partition coefficient (Wildman–Crippen LogP) is 5.48. The van der Waals surface area contributed by atoms with Gasteiger partial charge >= 0.3 is 0 Å². The van der Waals surface area contributed by atoms with Gasteiger partial charge in [-0.05, 0) is 59.6 Å². The van der Waals surface area contributed by atoms with E-state index in [1.54, 1.807) is 12.4 Å². The number of hydrogen-bond acceptors (Lipinski definition) is 4. The molecule has 1 amide bonds. The van der Waals surface area contributed by atoms with E-state index in [9.17, 15) is 4.79 Å². The Bertz CT molecular complexity index is 1600. The standard InChI is InChI=1S/C31H28N6OS/c38-28(34-25-13-5-10-23-9-1-2-11-24(23)25)15-19-37-30(29(35-31(37)39)26-12-3-4-17-33-26)27-14-7-18-36(27)21-22-8-6-16-32-20-22/h1-14,16-18,20,29-30H,15,19,21H2,(H,34,38)(H,35,39)/t29-,30+/m0/s1. The summed E-state index contributed by atoms with van der Waals surface area (Å²) in [7, 11) is 0. The van der Waals surface area contributed by atoms with Crippen molar-refractivity contribution >= 4 is 39.7 Å². The maximum Gasteiger partial charge on any atom is 0.226 e. The SMILES string of the molecule is O=C(CCN1C(=S)N[C@@H](c2ccccn2)[C@H]1c1cccn1Cc1cccnc1)Nc1cccc2ccccc12. The van der Waals surface area contributed by atoms with Crippen molar-refractivity contribution < 1.29 is 4.79 Å². The minimum absolute atomic E-state index is 0.0556. The van der Waals surface area contributed by atoms with Gasteiger partial charge in [-0.15, -0.1) is 0 Å². The summed E-state index contributed by atoms with van der Waals surface area (Å²) in [6, 6.07) is 27.8. The summed E-state index contributed by atoms with van der Waals surface area (Å²) in [5, 5.41) is 9.32. The van der Waals surface area contributed by atoms with E-state index in [0.29, 0.717) is 24.6 Å². The van der Waals surface area contributed by atoms with Crippen LogP contribution in [0.25, 0.3) is 10.8 Å². The molecular weight excluding hydrogens is 504 g/mol. The van der Waals surface area contributed by atoms with Crippen molar-refractivity contribution in [3.05, 3.63) is 127 Å². The maximum absolute atomic E-state index is 13.1. The summed E-state index contributed by atoms with van der Waals surface area (Å²) < 4.78 is 2.22. The first-order chi connectivity index (χ1) is 19.2. The Morgan fingerprint density at radius 3 is 2.67 bits per heavy atom. The fourth-order valence-electron chi connectivity index (χ4n) is 5.27. The van der Waals surface area contributed by atoms with Gasteiger partial charge in [0.1, 0.15) is 0 Å². The Balaban J connectivity index is 1.26. The first-order valence-electron chi connectivity index (χ1n) is 13.0. The average molecular weight is 533 g/mol. The minimum atomic E-state index is -0.151. The van der Waals surface area contributed by atoms with Crippen molar-refractivity contribution in [1.29, 1.82) is 0 Å². The van der Waals surface area contributed by atoms with Crippen LogP contribution in [-0.4, -0.2) is 37.0 Å². The second-order valence-corrected chi connectivity index (χ2v) is 9.95. The Labute approximate surface area is 232 Å². The van der Waals surface area contributed by atoms with Crippen LogP contribution >= 0.6 is 12.2 Å². The van der Waals surface area contributed by atoms with Crippen molar-refractivity contribution in [3.8, 4) is 0 Å². The van der Waals surface area contributed by atoms with Gasteiger partial charge in [0.15, 0.2) is 5.11 Å². The van der Waals surface area contributed by atoms with Gasteiger partial charge in [0, 0.05) is 61.1 Å². The van der Waals surface area contributed by atoms with E-state index >= 15 is 0 Å². The van der Waals surface area contributed by atoms with E-state index in [4.69, 9.17) is 12.2 Å². The lowest BCUT2D eigenvalue weighted by Gasteiger charge is -2.29. The zero-order valence-electron chi connectivity index (χ0n) is 21.3. The van der Waals surface area contributed by atoms with Crippen LogP contribution in [0.4, 0.5) is 5.69 Å². The van der Waals surface area contributed by atoms with Gasteiger partial charge in [0.25, 0.3) is 0 Å². The van der Waals surface area contributed by atoms with Gasteiger partial charge in [0.05, 0.1) is 17.8 Å². The summed E-state index contributed by atoms with van der Waals surface area (Å²) in [5.41, 5.74) is 3.92. The molecule has 2 atom stereocenters. The van der Waals surface area contributed by atoms with Crippen molar-refractivity contribution in [2.45, 2.75) is 25.0 Å². The number of thiocarbonyl (C=S) groups is 1. The Hall–Kier alpha value is -4.56. The highest BCUT2D eigenvalue weighted by molar-refractivity contribution is 7.80. The number of nitrogens with zero attached hydrogens (tertiary/aromatic N) is 4. The minimum Gasteiger partial charge on any atom is -0.352 e. The molecule has 3 aromatic heterocycles. The van der Waals surface area contributed by atoms with Crippen LogP contribution in [0.2, 0.25) is 0 Å². The lowest BCUT2D eigenvalue weighted by atomic mass is 10.0. The number of pyridine rings is 2. The molecule has 8 heteroatoms. The molecule has 4 heterocycles. The second kappa shape index (κ2) is 11.0. The van der Waals surface area contributed by atoms with Crippen molar-refractivity contribution in [2.75, 3.05) is 11.9 Å². The Kier molecular flexibility index (Phi) is 7.01. The molecule has 1 aliphatic rings. The van der Waals surface area contributed by atoms with Crippen LogP contribution in [0.15, 0.2) is 110 Å². The highest BCUT2D eigenvalue weighted by atomic mass is 32.1. The molecule has 194 valence electrons. The Morgan fingerprint density at radius 2 is 1.82 bits per heavy atom. The van der Waals surface area contributed by atoms with E-state index in [-0.39, 0.29) is 18.0 Å². The van der Waals surface area contributed by atoms with Gasteiger partial charge in [-0.3, -0.25) is 14.8 Å². The zero-order valence-corrected chi connectivity index (χ0v) is 22.1.